The highest BCUT2D eigenvalue weighted by Crippen LogP contribution is 2.38. The van der Waals surface area contributed by atoms with Gasteiger partial charge in [0.1, 0.15) is 5.75 Å². The molecule has 23 heavy (non-hydrogen) atoms. The third-order valence-electron chi connectivity index (χ3n) is 4.83. The van der Waals surface area contributed by atoms with Gasteiger partial charge in [-0.1, -0.05) is 18.2 Å². The normalized spacial score (nSPS) is 18.2. The molecule has 0 aliphatic carbocycles. The Kier molecular flexibility index (Phi) is 3.80. The van der Waals surface area contributed by atoms with Crippen LogP contribution in [-0.2, 0) is 0 Å². The van der Waals surface area contributed by atoms with E-state index in [1.165, 1.54) is 40.6 Å². The SMILES string of the molecule is COc1ccc(-c2[nH]c3ccccc3c2C2CCCNC2)cc1. The zero-order valence-electron chi connectivity index (χ0n) is 13.4. The molecule has 1 aliphatic heterocycles. The van der Waals surface area contributed by atoms with E-state index in [0.29, 0.717) is 5.92 Å². The summed E-state index contributed by atoms with van der Waals surface area (Å²) in [5, 5.41) is 4.90. The first-order valence-electron chi connectivity index (χ1n) is 8.32. The number of benzene rings is 2. The average Bonchev–Trinajstić information content (AvgIpc) is 3.02. The van der Waals surface area contributed by atoms with Crippen LogP contribution in [0.15, 0.2) is 48.5 Å². The van der Waals surface area contributed by atoms with Crippen molar-refractivity contribution in [3.8, 4) is 17.0 Å². The first kappa shape index (κ1) is 14.3. The van der Waals surface area contributed by atoms with Crippen LogP contribution in [0.5, 0.6) is 5.75 Å². The van der Waals surface area contributed by atoms with Gasteiger partial charge in [-0.25, -0.2) is 0 Å². The second kappa shape index (κ2) is 6.09. The van der Waals surface area contributed by atoms with Gasteiger partial charge in [0.15, 0.2) is 0 Å². The molecule has 2 N–H and O–H groups in total. The lowest BCUT2D eigenvalue weighted by Gasteiger charge is -2.24. The van der Waals surface area contributed by atoms with Crippen molar-refractivity contribution in [2.45, 2.75) is 18.8 Å². The molecule has 1 saturated heterocycles. The molecular formula is C20H22N2O. The Hall–Kier alpha value is -2.26. The van der Waals surface area contributed by atoms with Crippen molar-refractivity contribution in [3.05, 3.63) is 54.1 Å². The number of H-pyrrole nitrogens is 1. The molecule has 118 valence electrons. The lowest BCUT2D eigenvalue weighted by atomic mass is 9.88. The van der Waals surface area contributed by atoms with Crippen LogP contribution in [-0.4, -0.2) is 25.2 Å². The fourth-order valence-corrected chi connectivity index (χ4v) is 3.67. The summed E-state index contributed by atoms with van der Waals surface area (Å²) in [6.07, 6.45) is 2.49. The third-order valence-corrected chi connectivity index (χ3v) is 4.83. The van der Waals surface area contributed by atoms with Crippen molar-refractivity contribution in [2.75, 3.05) is 20.2 Å². The van der Waals surface area contributed by atoms with Crippen molar-refractivity contribution in [1.82, 2.24) is 10.3 Å². The van der Waals surface area contributed by atoms with Gasteiger partial charge in [-0.15, -0.1) is 0 Å². The second-order valence-corrected chi connectivity index (χ2v) is 6.23. The number of nitrogens with one attached hydrogen (secondary N) is 2. The van der Waals surface area contributed by atoms with Crippen LogP contribution in [0.1, 0.15) is 24.3 Å². The maximum atomic E-state index is 5.29. The van der Waals surface area contributed by atoms with Crippen LogP contribution in [0, 0.1) is 0 Å². The van der Waals surface area contributed by atoms with Gasteiger partial charge in [-0.2, -0.15) is 0 Å². The zero-order chi connectivity index (χ0) is 15.6. The second-order valence-electron chi connectivity index (χ2n) is 6.23. The largest absolute Gasteiger partial charge is 0.497 e. The summed E-state index contributed by atoms with van der Waals surface area (Å²) >= 11 is 0. The Balaban J connectivity index is 1.86. The minimum atomic E-state index is 0.567. The van der Waals surface area contributed by atoms with Crippen molar-refractivity contribution < 1.29 is 4.74 Å². The van der Waals surface area contributed by atoms with E-state index in [0.717, 1.165) is 18.8 Å². The van der Waals surface area contributed by atoms with E-state index < -0.39 is 0 Å². The lowest BCUT2D eigenvalue weighted by molar-refractivity contribution is 0.415. The molecule has 1 fully saturated rings. The highest BCUT2D eigenvalue weighted by Gasteiger charge is 2.23. The van der Waals surface area contributed by atoms with Crippen molar-refractivity contribution in [2.24, 2.45) is 0 Å². The van der Waals surface area contributed by atoms with Crippen LogP contribution in [0.3, 0.4) is 0 Å². The van der Waals surface area contributed by atoms with Gasteiger partial charge in [0, 0.05) is 17.4 Å². The highest BCUT2D eigenvalue weighted by atomic mass is 16.5. The van der Waals surface area contributed by atoms with Gasteiger partial charge in [0.05, 0.1) is 12.8 Å². The Labute approximate surface area is 136 Å². The quantitative estimate of drug-likeness (QED) is 0.756. The summed E-state index contributed by atoms with van der Waals surface area (Å²) in [6.45, 7) is 2.20. The molecule has 1 aromatic heterocycles. The molecule has 3 aromatic rings. The van der Waals surface area contributed by atoms with E-state index in [-0.39, 0.29) is 0 Å². The van der Waals surface area contributed by atoms with Crippen molar-refractivity contribution >= 4 is 10.9 Å². The summed E-state index contributed by atoms with van der Waals surface area (Å²) in [4.78, 5) is 3.65. The summed E-state index contributed by atoms with van der Waals surface area (Å²) in [5.41, 5.74) is 5.15. The predicted molar refractivity (Wildman–Crippen MR) is 95.1 cm³/mol. The number of ether oxygens (including phenoxy) is 1. The fraction of sp³-hybridized carbons (Fsp3) is 0.300. The standard InChI is InChI=1S/C20H22N2O/c1-23-16-10-8-14(9-11-16)20-19(15-5-4-12-21-13-15)17-6-2-3-7-18(17)22-20/h2-3,6-11,15,21-22H,4-5,12-13H2,1H3. The van der Waals surface area contributed by atoms with Crippen molar-refractivity contribution in [1.29, 1.82) is 0 Å². The van der Waals surface area contributed by atoms with Crippen LogP contribution >= 0.6 is 0 Å². The average molecular weight is 306 g/mol. The zero-order valence-corrected chi connectivity index (χ0v) is 13.4. The van der Waals surface area contributed by atoms with Gasteiger partial charge in [-0.05, 0) is 66.8 Å². The number of fused-ring (bicyclic) bond motifs is 1. The van der Waals surface area contributed by atoms with Crippen LogP contribution in [0.25, 0.3) is 22.2 Å². The van der Waals surface area contributed by atoms with Gasteiger partial charge < -0.3 is 15.0 Å². The van der Waals surface area contributed by atoms with Gasteiger partial charge in [0.2, 0.25) is 0 Å². The molecule has 0 bridgehead atoms. The van der Waals surface area contributed by atoms with E-state index in [9.17, 15) is 0 Å². The Bertz CT molecular complexity index is 798. The number of aromatic amines is 1. The molecule has 2 heterocycles. The van der Waals surface area contributed by atoms with E-state index in [2.05, 4.69) is 46.7 Å². The summed E-state index contributed by atoms with van der Waals surface area (Å²) in [7, 11) is 1.71. The van der Waals surface area contributed by atoms with Gasteiger partial charge in [0.25, 0.3) is 0 Å². The van der Waals surface area contributed by atoms with Gasteiger partial charge >= 0.3 is 0 Å². The van der Waals surface area contributed by atoms with Crippen LogP contribution in [0.2, 0.25) is 0 Å². The van der Waals surface area contributed by atoms with E-state index >= 15 is 0 Å². The molecular weight excluding hydrogens is 284 g/mol. The van der Waals surface area contributed by atoms with Gasteiger partial charge in [-0.3, -0.25) is 0 Å². The summed E-state index contributed by atoms with van der Waals surface area (Å²) in [6, 6.07) is 17.0. The Morgan fingerprint density at radius 1 is 1.04 bits per heavy atom. The molecule has 4 rings (SSSR count). The Morgan fingerprint density at radius 2 is 1.87 bits per heavy atom. The number of piperidine rings is 1. The molecule has 0 amide bonds. The number of aromatic nitrogens is 1. The number of hydrogen-bond donors (Lipinski definition) is 2. The Morgan fingerprint density at radius 3 is 2.61 bits per heavy atom. The first-order valence-corrected chi connectivity index (χ1v) is 8.32. The summed E-state index contributed by atoms with van der Waals surface area (Å²) < 4.78 is 5.29. The van der Waals surface area contributed by atoms with E-state index in [1.807, 2.05) is 12.1 Å². The molecule has 0 spiro atoms. The highest BCUT2D eigenvalue weighted by molar-refractivity contribution is 5.91. The smallest absolute Gasteiger partial charge is 0.118 e. The molecule has 0 saturated carbocycles. The maximum absolute atomic E-state index is 5.29. The fourth-order valence-electron chi connectivity index (χ4n) is 3.67. The topological polar surface area (TPSA) is 37.0 Å². The summed E-state index contributed by atoms with van der Waals surface area (Å²) in [5.74, 6) is 1.46. The monoisotopic (exact) mass is 306 g/mol. The third kappa shape index (κ3) is 2.62. The molecule has 3 heteroatoms. The van der Waals surface area contributed by atoms with Crippen molar-refractivity contribution in [3.63, 3.8) is 0 Å². The lowest BCUT2D eigenvalue weighted by Crippen LogP contribution is -2.28. The molecule has 1 atom stereocenters. The molecule has 2 aromatic carbocycles. The molecule has 0 radical (unpaired) electrons. The van der Waals surface area contributed by atoms with E-state index in [1.54, 1.807) is 7.11 Å². The van der Waals surface area contributed by atoms with Crippen LogP contribution < -0.4 is 10.1 Å². The number of methoxy groups -OCH3 is 1. The van der Waals surface area contributed by atoms with Crippen LogP contribution in [0.4, 0.5) is 0 Å². The minimum Gasteiger partial charge on any atom is -0.497 e. The number of hydrogen-bond acceptors (Lipinski definition) is 2. The maximum Gasteiger partial charge on any atom is 0.118 e. The number of para-hydroxylation sites is 1. The minimum absolute atomic E-state index is 0.567. The van der Waals surface area contributed by atoms with E-state index in [4.69, 9.17) is 4.74 Å². The molecule has 1 unspecified atom stereocenters. The molecule has 1 aliphatic rings. The molecule has 3 nitrogen and oxygen atoms in total. The first-order chi connectivity index (χ1) is 11.4. The number of rotatable bonds is 3. The predicted octanol–water partition coefficient (Wildman–Crippen LogP) is 4.31.